The lowest BCUT2D eigenvalue weighted by Crippen LogP contribution is -2.10. The number of carbonyl (C=O) groups excluding carboxylic acids is 1. The zero-order valence-electron chi connectivity index (χ0n) is 13.4. The first-order chi connectivity index (χ1) is 12.2. The first kappa shape index (κ1) is 16.7. The van der Waals surface area contributed by atoms with Crippen LogP contribution < -0.4 is 4.74 Å². The Kier molecular flexibility index (Phi) is 5.07. The molecule has 3 aromatic rings. The Morgan fingerprint density at radius 2 is 1.92 bits per heavy atom. The molecule has 0 fully saturated rings. The van der Waals surface area contributed by atoms with Crippen LogP contribution in [0, 0.1) is 18.3 Å². The summed E-state index contributed by atoms with van der Waals surface area (Å²) in [6, 6.07) is 18.3. The lowest BCUT2D eigenvalue weighted by atomic mass is 10.1. The summed E-state index contributed by atoms with van der Waals surface area (Å²) in [5.41, 5.74) is 2.71. The van der Waals surface area contributed by atoms with E-state index in [1.54, 1.807) is 36.7 Å². The number of rotatable bonds is 5. The highest BCUT2D eigenvalue weighted by Gasteiger charge is 2.21. The SMILES string of the molecule is Cc1ncsc1C(=O)OC(C#N)c1cccc(Oc2ccccc2)c1. The number of esters is 1. The summed E-state index contributed by atoms with van der Waals surface area (Å²) < 4.78 is 11.1. The van der Waals surface area contributed by atoms with Crippen molar-refractivity contribution in [1.82, 2.24) is 4.98 Å². The van der Waals surface area contributed by atoms with E-state index >= 15 is 0 Å². The molecule has 0 saturated heterocycles. The van der Waals surface area contributed by atoms with Gasteiger partial charge in [0.05, 0.1) is 11.2 Å². The van der Waals surface area contributed by atoms with Gasteiger partial charge in [-0.15, -0.1) is 11.3 Å². The van der Waals surface area contributed by atoms with Crippen LogP contribution in [0.3, 0.4) is 0 Å². The van der Waals surface area contributed by atoms with Crippen molar-refractivity contribution in [1.29, 1.82) is 5.26 Å². The fourth-order valence-electron chi connectivity index (χ4n) is 2.19. The second-order valence-electron chi connectivity index (χ2n) is 5.17. The van der Waals surface area contributed by atoms with Crippen LogP contribution >= 0.6 is 11.3 Å². The molecule has 0 aliphatic heterocycles. The molecule has 2 aromatic carbocycles. The van der Waals surface area contributed by atoms with E-state index in [9.17, 15) is 10.1 Å². The van der Waals surface area contributed by atoms with E-state index in [1.165, 1.54) is 11.3 Å². The van der Waals surface area contributed by atoms with Gasteiger partial charge >= 0.3 is 5.97 Å². The van der Waals surface area contributed by atoms with Gasteiger partial charge in [-0.25, -0.2) is 9.78 Å². The molecule has 0 saturated carbocycles. The van der Waals surface area contributed by atoms with Crippen LogP contribution in [0.2, 0.25) is 0 Å². The number of hydrogen-bond donors (Lipinski definition) is 0. The maximum Gasteiger partial charge on any atom is 0.351 e. The molecule has 25 heavy (non-hydrogen) atoms. The van der Waals surface area contributed by atoms with Crippen LogP contribution in [0.4, 0.5) is 0 Å². The van der Waals surface area contributed by atoms with Crippen molar-refractivity contribution in [2.45, 2.75) is 13.0 Å². The van der Waals surface area contributed by atoms with Gasteiger partial charge in [-0.05, 0) is 31.2 Å². The molecule has 3 rings (SSSR count). The minimum atomic E-state index is -1.02. The maximum atomic E-state index is 12.2. The molecule has 124 valence electrons. The number of ether oxygens (including phenoxy) is 2. The average molecular weight is 350 g/mol. The highest BCUT2D eigenvalue weighted by Crippen LogP contribution is 2.27. The highest BCUT2D eigenvalue weighted by molar-refractivity contribution is 7.11. The van der Waals surface area contributed by atoms with Crippen molar-refractivity contribution >= 4 is 17.3 Å². The van der Waals surface area contributed by atoms with Gasteiger partial charge in [-0.1, -0.05) is 30.3 Å². The van der Waals surface area contributed by atoms with E-state index in [1.807, 2.05) is 36.4 Å². The van der Waals surface area contributed by atoms with Gasteiger partial charge in [0.25, 0.3) is 0 Å². The Labute approximate surface area is 149 Å². The van der Waals surface area contributed by atoms with E-state index < -0.39 is 12.1 Å². The fraction of sp³-hybridized carbons (Fsp3) is 0.105. The molecule has 0 aliphatic rings. The predicted molar refractivity (Wildman–Crippen MR) is 93.6 cm³/mol. The van der Waals surface area contributed by atoms with E-state index in [4.69, 9.17) is 9.47 Å². The molecule has 5 nitrogen and oxygen atoms in total. The summed E-state index contributed by atoms with van der Waals surface area (Å²) >= 11 is 1.19. The first-order valence-corrected chi connectivity index (χ1v) is 8.39. The Bertz CT molecular complexity index is 916. The summed E-state index contributed by atoms with van der Waals surface area (Å²) in [6.45, 7) is 1.72. The smallest absolute Gasteiger partial charge is 0.351 e. The maximum absolute atomic E-state index is 12.2. The van der Waals surface area contributed by atoms with Crippen molar-refractivity contribution in [2.24, 2.45) is 0 Å². The van der Waals surface area contributed by atoms with Crippen molar-refractivity contribution in [3.05, 3.63) is 76.2 Å². The third-order valence-corrected chi connectivity index (χ3v) is 4.32. The average Bonchev–Trinajstić information content (AvgIpc) is 3.07. The van der Waals surface area contributed by atoms with Gasteiger partial charge in [0, 0.05) is 5.56 Å². The Morgan fingerprint density at radius 3 is 2.60 bits per heavy atom. The minimum Gasteiger partial charge on any atom is -0.457 e. The summed E-state index contributed by atoms with van der Waals surface area (Å²) in [6.07, 6.45) is -1.02. The molecular formula is C19H14N2O3S. The van der Waals surface area contributed by atoms with Gasteiger partial charge in [-0.2, -0.15) is 5.26 Å². The van der Waals surface area contributed by atoms with E-state index in [2.05, 4.69) is 4.98 Å². The van der Waals surface area contributed by atoms with Gasteiger partial charge < -0.3 is 9.47 Å². The van der Waals surface area contributed by atoms with Crippen LogP contribution in [0.15, 0.2) is 60.1 Å². The molecule has 1 unspecified atom stereocenters. The molecule has 1 heterocycles. The first-order valence-electron chi connectivity index (χ1n) is 7.51. The van der Waals surface area contributed by atoms with E-state index in [0.29, 0.717) is 27.6 Å². The third-order valence-electron chi connectivity index (χ3n) is 3.41. The van der Waals surface area contributed by atoms with Crippen LogP contribution in [-0.2, 0) is 4.74 Å². The molecular weight excluding hydrogens is 336 g/mol. The monoisotopic (exact) mass is 350 g/mol. The third kappa shape index (κ3) is 4.03. The van der Waals surface area contributed by atoms with Crippen molar-refractivity contribution in [2.75, 3.05) is 0 Å². The van der Waals surface area contributed by atoms with Crippen LogP contribution in [0.25, 0.3) is 0 Å². The topological polar surface area (TPSA) is 72.2 Å². The minimum absolute atomic E-state index is 0.400. The number of aryl methyl sites for hydroxylation is 1. The predicted octanol–water partition coefficient (Wildman–Crippen LogP) is 4.67. The number of aromatic nitrogens is 1. The molecule has 1 atom stereocenters. The zero-order chi connectivity index (χ0) is 17.6. The largest absolute Gasteiger partial charge is 0.457 e. The number of carbonyl (C=O) groups is 1. The molecule has 0 N–H and O–H groups in total. The Hall–Kier alpha value is -3.17. The second kappa shape index (κ2) is 7.60. The standard InChI is InChI=1S/C19H14N2O3S/c1-13-18(25-12-21-13)19(22)24-17(11-20)14-6-5-9-16(10-14)23-15-7-3-2-4-8-15/h2-10,12,17H,1H3. The van der Waals surface area contributed by atoms with Crippen molar-refractivity contribution in [3.8, 4) is 17.6 Å². The lowest BCUT2D eigenvalue weighted by Gasteiger charge is -2.12. The van der Waals surface area contributed by atoms with Gasteiger partial charge in [0.15, 0.2) is 0 Å². The summed E-state index contributed by atoms with van der Waals surface area (Å²) in [5.74, 6) is 0.695. The summed E-state index contributed by atoms with van der Waals surface area (Å²) in [4.78, 5) is 16.6. The molecule has 0 bridgehead atoms. The number of nitriles is 1. The second-order valence-corrected chi connectivity index (χ2v) is 6.02. The summed E-state index contributed by atoms with van der Waals surface area (Å²) in [5, 5.41) is 9.40. The van der Waals surface area contributed by atoms with Crippen molar-refractivity contribution in [3.63, 3.8) is 0 Å². The Balaban J connectivity index is 1.77. The number of hydrogen-bond acceptors (Lipinski definition) is 6. The molecule has 6 heteroatoms. The number of benzene rings is 2. The number of nitrogens with zero attached hydrogens (tertiary/aromatic N) is 2. The zero-order valence-corrected chi connectivity index (χ0v) is 14.2. The quantitative estimate of drug-likeness (QED) is 0.626. The van der Waals surface area contributed by atoms with Crippen LogP contribution in [0.5, 0.6) is 11.5 Å². The van der Waals surface area contributed by atoms with Crippen LogP contribution in [0.1, 0.15) is 27.0 Å². The van der Waals surface area contributed by atoms with Crippen LogP contribution in [-0.4, -0.2) is 11.0 Å². The van der Waals surface area contributed by atoms with Gasteiger partial charge in [0.1, 0.15) is 22.4 Å². The van der Waals surface area contributed by atoms with Gasteiger partial charge in [-0.3, -0.25) is 0 Å². The molecule has 0 aliphatic carbocycles. The normalized spacial score (nSPS) is 11.4. The lowest BCUT2D eigenvalue weighted by molar-refractivity contribution is 0.0408. The molecule has 1 aromatic heterocycles. The summed E-state index contributed by atoms with van der Waals surface area (Å²) in [7, 11) is 0. The van der Waals surface area contributed by atoms with E-state index in [0.717, 1.165) is 0 Å². The number of thiazole rings is 1. The fourth-order valence-corrected chi connectivity index (χ4v) is 2.88. The Morgan fingerprint density at radius 1 is 1.16 bits per heavy atom. The number of para-hydroxylation sites is 1. The van der Waals surface area contributed by atoms with E-state index in [-0.39, 0.29) is 0 Å². The van der Waals surface area contributed by atoms with Crippen molar-refractivity contribution < 1.29 is 14.3 Å². The molecule has 0 spiro atoms. The van der Waals surface area contributed by atoms with Gasteiger partial charge in [0.2, 0.25) is 6.10 Å². The molecule has 0 radical (unpaired) electrons. The highest BCUT2D eigenvalue weighted by atomic mass is 32.1. The molecule has 0 amide bonds.